The number of nitrogens with one attached hydrogen (secondary N) is 1. The summed E-state index contributed by atoms with van der Waals surface area (Å²) in [6.45, 7) is 4.99. The number of carbonyl (C=O) groups is 2. The maximum atomic E-state index is 12.7. The molecule has 1 unspecified atom stereocenters. The molecule has 0 saturated carbocycles. The van der Waals surface area contributed by atoms with Gasteiger partial charge in [0.05, 0.1) is 19.3 Å². The fraction of sp³-hybridized carbons (Fsp3) is 0.368. The molecule has 2 rings (SSSR count). The molecule has 2 N–H and O–H groups in total. The Morgan fingerprint density at radius 2 is 1.81 bits per heavy atom. The first-order chi connectivity index (χ1) is 12.2. The van der Waals surface area contributed by atoms with Crippen molar-refractivity contribution >= 4 is 11.9 Å². The van der Waals surface area contributed by atoms with E-state index < -0.39 is 17.4 Å². The molecule has 1 aromatic heterocycles. The third-order valence-electron chi connectivity index (χ3n) is 4.30. The number of carboxylic acids is 1. The summed E-state index contributed by atoms with van der Waals surface area (Å²) >= 11 is 0. The molecule has 7 nitrogen and oxygen atoms in total. The predicted octanol–water partition coefficient (Wildman–Crippen LogP) is 2.32. The molecule has 0 aliphatic rings. The third-order valence-corrected chi connectivity index (χ3v) is 4.30. The van der Waals surface area contributed by atoms with E-state index >= 15 is 0 Å². The highest BCUT2D eigenvalue weighted by Gasteiger charge is 2.36. The Kier molecular flexibility index (Phi) is 5.72. The summed E-state index contributed by atoms with van der Waals surface area (Å²) in [5.74, 6) is -0.873. The second kappa shape index (κ2) is 7.61. The number of ether oxygens (including phenoxy) is 2. The molecule has 1 heterocycles. The van der Waals surface area contributed by atoms with Crippen molar-refractivity contribution in [3.8, 4) is 11.4 Å². The quantitative estimate of drug-likeness (QED) is 0.791. The van der Waals surface area contributed by atoms with Crippen molar-refractivity contribution in [2.75, 3.05) is 20.8 Å². The normalized spacial score (nSPS) is 13.1. The number of nitrogens with zero attached hydrogens (tertiary/aromatic N) is 1. The predicted molar refractivity (Wildman–Crippen MR) is 97.2 cm³/mol. The van der Waals surface area contributed by atoms with E-state index in [-0.39, 0.29) is 6.61 Å². The number of rotatable bonds is 7. The first kappa shape index (κ1) is 19.5. The van der Waals surface area contributed by atoms with Crippen LogP contribution in [0, 0.1) is 13.8 Å². The van der Waals surface area contributed by atoms with E-state index in [4.69, 9.17) is 9.47 Å². The minimum Gasteiger partial charge on any atom is -0.497 e. The van der Waals surface area contributed by atoms with E-state index in [1.165, 1.54) is 14.0 Å². The number of aryl methyl sites for hydroxylation is 1. The van der Waals surface area contributed by atoms with Crippen LogP contribution in [0.5, 0.6) is 5.75 Å². The van der Waals surface area contributed by atoms with Crippen molar-refractivity contribution in [3.05, 3.63) is 47.3 Å². The fourth-order valence-electron chi connectivity index (χ4n) is 2.88. The fourth-order valence-corrected chi connectivity index (χ4v) is 2.88. The van der Waals surface area contributed by atoms with Crippen LogP contribution in [0.15, 0.2) is 30.3 Å². The maximum absolute atomic E-state index is 12.7. The summed E-state index contributed by atoms with van der Waals surface area (Å²) in [6, 6.07) is 9.21. The average molecular weight is 360 g/mol. The Morgan fingerprint density at radius 3 is 2.31 bits per heavy atom. The Balaban J connectivity index is 2.36. The zero-order valence-corrected chi connectivity index (χ0v) is 15.6. The van der Waals surface area contributed by atoms with Gasteiger partial charge in [0.1, 0.15) is 5.75 Å². The standard InChI is InChI=1S/C19H24N2O5/c1-12-10-16(17(22)20-19(3,11-25-4)18(23)24)13(2)21(12)14-6-8-15(26-5)9-7-14/h6-10H,11H2,1-5H3,(H,20,22)(H,23,24). The van der Waals surface area contributed by atoms with E-state index in [0.717, 1.165) is 22.8 Å². The van der Waals surface area contributed by atoms with Crippen LogP contribution in [0.4, 0.5) is 0 Å². The number of aromatic nitrogens is 1. The molecule has 26 heavy (non-hydrogen) atoms. The number of hydrogen-bond donors (Lipinski definition) is 2. The van der Waals surface area contributed by atoms with Gasteiger partial charge in [-0.1, -0.05) is 0 Å². The van der Waals surface area contributed by atoms with Crippen molar-refractivity contribution in [2.45, 2.75) is 26.3 Å². The van der Waals surface area contributed by atoms with E-state index in [1.807, 2.05) is 42.7 Å². The van der Waals surface area contributed by atoms with E-state index in [2.05, 4.69) is 5.32 Å². The van der Waals surface area contributed by atoms with E-state index in [0.29, 0.717) is 5.56 Å². The second-order valence-electron chi connectivity index (χ2n) is 6.34. The highest BCUT2D eigenvalue weighted by atomic mass is 16.5. The molecule has 0 aliphatic heterocycles. The van der Waals surface area contributed by atoms with Gasteiger partial charge in [0.25, 0.3) is 5.91 Å². The zero-order valence-electron chi connectivity index (χ0n) is 15.6. The highest BCUT2D eigenvalue weighted by molar-refractivity contribution is 5.99. The molecule has 1 amide bonds. The lowest BCUT2D eigenvalue weighted by Gasteiger charge is -2.25. The monoisotopic (exact) mass is 360 g/mol. The summed E-state index contributed by atoms with van der Waals surface area (Å²) in [4.78, 5) is 24.2. The first-order valence-corrected chi connectivity index (χ1v) is 8.11. The van der Waals surface area contributed by atoms with Crippen LogP contribution in [-0.4, -0.2) is 47.9 Å². The largest absolute Gasteiger partial charge is 0.497 e. The summed E-state index contributed by atoms with van der Waals surface area (Å²) in [7, 11) is 2.99. The minimum absolute atomic E-state index is 0.134. The Labute approximate surface area is 152 Å². The van der Waals surface area contributed by atoms with Gasteiger partial charge in [-0.2, -0.15) is 0 Å². The Hall–Kier alpha value is -2.80. The average Bonchev–Trinajstić information content (AvgIpc) is 2.89. The van der Waals surface area contributed by atoms with Gasteiger partial charge >= 0.3 is 5.97 Å². The molecular weight excluding hydrogens is 336 g/mol. The second-order valence-corrected chi connectivity index (χ2v) is 6.34. The Bertz CT molecular complexity index is 810. The van der Waals surface area contributed by atoms with Crippen LogP contribution < -0.4 is 10.1 Å². The van der Waals surface area contributed by atoms with Crippen molar-refractivity contribution in [1.29, 1.82) is 0 Å². The van der Waals surface area contributed by atoms with E-state index in [9.17, 15) is 14.7 Å². The lowest BCUT2D eigenvalue weighted by molar-refractivity contribution is -0.145. The van der Waals surface area contributed by atoms with Gasteiger partial charge in [-0.25, -0.2) is 4.79 Å². The number of methoxy groups -OCH3 is 2. The summed E-state index contributed by atoms with van der Waals surface area (Å²) in [6.07, 6.45) is 0. The first-order valence-electron chi connectivity index (χ1n) is 8.11. The van der Waals surface area contributed by atoms with Gasteiger partial charge in [0, 0.05) is 24.2 Å². The van der Waals surface area contributed by atoms with Crippen LogP contribution in [0.3, 0.4) is 0 Å². The molecule has 0 bridgehead atoms. The number of carboxylic acid groups (broad SMARTS) is 1. The molecule has 7 heteroatoms. The molecule has 1 atom stereocenters. The van der Waals surface area contributed by atoms with Gasteiger partial charge in [-0.3, -0.25) is 4.79 Å². The molecule has 2 aromatic rings. The van der Waals surface area contributed by atoms with Gasteiger partial charge in [-0.05, 0) is 51.1 Å². The molecule has 0 fully saturated rings. The van der Waals surface area contributed by atoms with Crippen LogP contribution in [-0.2, 0) is 9.53 Å². The number of amides is 1. The molecule has 140 valence electrons. The smallest absolute Gasteiger partial charge is 0.331 e. The molecule has 0 radical (unpaired) electrons. The summed E-state index contributed by atoms with van der Waals surface area (Å²) < 4.78 is 12.0. The number of benzene rings is 1. The van der Waals surface area contributed by atoms with Crippen LogP contribution in [0.2, 0.25) is 0 Å². The number of carbonyl (C=O) groups excluding carboxylic acids is 1. The third kappa shape index (κ3) is 3.72. The minimum atomic E-state index is -1.51. The van der Waals surface area contributed by atoms with Gasteiger partial charge < -0.3 is 24.5 Å². The maximum Gasteiger partial charge on any atom is 0.331 e. The summed E-state index contributed by atoms with van der Waals surface area (Å²) in [5, 5.41) is 12.0. The van der Waals surface area contributed by atoms with Gasteiger partial charge in [0.15, 0.2) is 5.54 Å². The summed E-state index contributed by atoms with van der Waals surface area (Å²) in [5.41, 5.74) is 1.38. The molecular formula is C19H24N2O5. The number of hydrogen-bond acceptors (Lipinski definition) is 4. The lowest BCUT2D eigenvalue weighted by atomic mass is 10.0. The number of aliphatic carboxylic acids is 1. The SMILES string of the molecule is COCC(C)(NC(=O)c1cc(C)n(-c2ccc(OC)cc2)c1C)C(=O)O. The molecule has 0 aliphatic carbocycles. The van der Waals surface area contributed by atoms with Crippen molar-refractivity contribution in [3.63, 3.8) is 0 Å². The van der Waals surface area contributed by atoms with Crippen molar-refractivity contribution in [1.82, 2.24) is 9.88 Å². The van der Waals surface area contributed by atoms with Crippen LogP contribution in [0.1, 0.15) is 28.7 Å². The van der Waals surface area contributed by atoms with Gasteiger partial charge in [0.2, 0.25) is 0 Å². The lowest BCUT2D eigenvalue weighted by Crippen LogP contribution is -2.55. The van der Waals surface area contributed by atoms with Crippen molar-refractivity contribution < 1.29 is 24.2 Å². The zero-order chi connectivity index (χ0) is 19.5. The molecule has 1 aromatic carbocycles. The van der Waals surface area contributed by atoms with Crippen LogP contribution in [0.25, 0.3) is 5.69 Å². The van der Waals surface area contributed by atoms with Gasteiger partial charge in [-0.15, -0.1) is 0 Å². The van der Waals surface area contributed by atoms with E-state index in [1.54, 1.807) is 13.2 Å². The van der Waals surface area contributed by atoms with Crippen molar-refractivity contribution in [2.24, 2.45) is 0 Å². The van der Waals surface area contributed by atoms with Crippen LogP contribution >= 0.6 is 0 Å². The Morgan fingerprint density at radius 1 is 1.19 bits per heavy atom. The molecule has 0 spiro atoms. The highest BCUT2D eigenvalue weighted by Crippen LogP contribution is 2.23. The molecule has 0 saturated heterocycles. The topological polar surface area (TPSA) is 89.8 Å².